The van der Waals surface area contributed by atoms with Gasteiger partial charge in [-0.25, -0.2) is 0 Å². The molecule has 0 aliphatic heterocycles. The highest BCUT2D eigenvalue weighted by atomic mass is 16.5. The van der Waals surface area contributed by atoms with E-state index in [0.29, 0.717) is 0 Å². The smallest absolute Gasteiger partial charge is 0.175 e. The largest absolute Gasteiger partial charge is 0.486 e. The van der Waals surface area contributed by atoms with Gasteiger partial charge in [0, 0.05) is 5.41 Å². The molecule has 104 valence electrons. The number of benzene rings is 2. The highest BCUT2D eigenvalue weighted by molar-refractivity contribution is 5.85. The number of hydrogen-bond donors (Lipinski definition) is 0. The Morgan fingerprint density at radius 2 is 1.45 bits per heavy atom. The lowest BCUT2D eigenvalue weighted by Gasteiger charge is -2.16. The molecule has 0 aromatic heterocycles. The molecule has 2 aromatic rings. The third-order valence-corrected chi connectivity index (χ3v) is 3.17. The van der Waals surface area contributed by atoms with Crippen LogP contribution in [0.25, 0.3) is 11.1 Å². The summed E-state index contributed by atoms with van der Waals surface area (Å²) in [6.07, 6.45) is 0. The Bertz CT molecular complexity index is 563. The average Bonchev–Trinajstić information content (AvgIpc) is 2.45. The number of Topliss-reactive ketones (excluding diaryl/α,β-unsaturated/α-hetero) is 1. The summed E-state index contributed by atoms with van der Waals surface area (Å²) in [7, 11) is 0. The molecule has 0 fully saturated rings. The van der Waals surface area contributed by atoms with Crippen molar-refractivity contribution in [2.24, 2.45) is 5.41 Å². The molecule has 0 saturated heterocycles. The molecule has 0 radical (unpaired) electrons. The minimum atomic E-state index is -0.357. The quantitative estimate of drug-likeness (QED) is 0.824. The van der Waals surface area contributed by atoms with Crippen molar-refractivity contribution in [1.82, 2.24) is 0 Å². The lowest BCUT2D eigenvalue weighted by atomic mass is 9.91. The summed E-state index contributed by atoms with van der Waals surface area (Å²) in [5.41, 5.74) is 1.95. The first-order chi connectivity index (χ1) is 9.47. The maximum absolute atomic E-state index is 11.8. The van der Waals surface area contributed by atoms with E-state index in [9.17, 15) is 4.79 Å². The number of ketones is 1. The fraction of sp³-hybridized carbons (Fsp3) is 0.278. The van der Waals surface area contributed by atoms with Crippen molar-refractivity contribution in [3.63, 3.8) is 0 Å². The molecule has 0 bridgehead atoms. The van der Waals surface area contributed by atoms with Crippen LogP contribution in [0.4, 0.5) is 0 Å². The fourth-order valence-electron chi connectivity index (χ4n) is 1.74. The van der Waals surface area contributed by atoms with E-state index in [1.807, 2.05) is 63.2 Å². The van der Waals surface area contributed by atoms with E-state index in [-0.39, 0.29) is 17.8 Å². The normalized spacial score (nSPS) is 11.2. The number of carbonyl (C=O) groups excluding carboxylic acids is 1. The molecule has 0 unspecified atom stereocenters. The molecule has 20 heavy (non-hydrogen) atoms. The maximum Gasteiger partial charge on any atom is 0.175 e. The van der Waals surface area contributed by atoms with E-state index in [1.54, 1.807) is 0 Å². The minimum Gasteiger partial charge on any atom is -0.486 e. The second kappa shape index (κ2) is 5.91. The second-order valence-electron chi connectivity index (χ2n) is 5.85. The van der Waals surface area contributed by atoms with Gasteiger partial charge in [-0.05, 0) is 23.3 Å². The summed E-state index contributed by atoms with van der Waals surface area (Å²) in [6.45, 7) is 5.82. The van der Waals surface area contributed by atoms with Gasteiger partial charge in [0.05, 0.1) is 0 Å². The molecular formula is C18H20O2. The Kier molecular flexibility index (Phi) is 4.23. The summed E-state index contributed by atoms with van der Waals surface area (Å²) >= 11 is 0. The second-order valence-corrected chi connectivity index (χ2v) is 5.85. The predicted octanol–water partition coefficient (Wildman–Crippen LogP) is 4.35. The molecule has 0 N–H and O–H groups in total. The van der Waals surface area contributed by atoms with E-state index in [2.05, 4.69) is 12.1 Å². The molecule has 2 nitrogen and oxygen atoms in total. The molecule has 0 spiro atoms. The lowest BCUT2D eigenvalue weighted by molar-refractivity contribution is -0.128. The molecule has 0 saturated carbocycles. The van der Waals surface area contributed by atoms with Gasteiger partial charge in [0.1, 0.15) is 12.4 Å². The summed E-state index contributed by atoms with van der Waals surface area (Å²) in [5, 5.41) is 0. The zero-order valence-electron chi connectivity index (χ0n) is 12.2. The maximum atomic E-state index is 11.8. The van der Waals surface area contributed by atoms with Crippen LogP contribution in [-0.4, -0.2) is 12.4 Å². The van der Waals surface area contributed by atoms with Crippen LogP contribution in [0.1, 0.15) is 20.8 Å². The van der Waals surface area contributed by atoms with Crippen molar-refractivity contribution < 1.29 is 9.53 Å². The summed E-state index contributed by atoms with van der Waals surface area (Å²) < 4.78 is 5.54. The third kappa shape index (κ3) is 3.70. The first kappa shape index (κ1) is 14.3. The Morgan fingerprint density at radius 1 is 0.900 bits per heavy atom. The molecular weight excluding hydrogens is 248 g/mol. The van der Waals surface area contributed by atoms with Gasteiger partial charge in [-0.15, -0.1) is 0 Å². The molecule has 2 rings (SSSR count). The van der Waals surface area contributed by atoms with Crippen molar-refractivity contribution in [3.8, 4) is 16.9 Å². The Morgan fingerprint density at radius 3 is 2.00 bits per heavy atom. The SMILES string of the molecule is CC(C)(C)C(=O)COc1ccc(-c2ccccc2)cc1. The molecule has 2 heteroatoms. The summed E-state index contributed by atoms with van der Waals surface area (Å²) in [5.74, 6) is 0.826. The molecule has 0 amide bonds. The van der Waals surface area contributed by atoms with E-state index >= 15 is 0 Å². The Labute approximate surface area is 120 Å². The monoisotopic (exact) mass is 268 g/mol. The van der Waals surface area contributed by atoms with Gasteiger partial charge in [-0.3, -0.25) is 4.79 Å². The van der Waals surface area contributed by atoms with Crippen molar-refractivity contribution in [2.75, 3.05) is 6.61 Å². The van der Waals surface area contributed by atoms with Crippen LogP contribution in [0.5, 0.6) is 5.75 Å². The van der Waals surface area contributed by atoms with Gasteiger partial charge in [0.25, 0.3) is 0 Å². The van der Waals surface area contributed by atoms with Gasteiger partial charge < -0.3 is 4.74 Å². The van der Waals surface area contributed by atoms with Crippen molar-refractivity contribution in [1.29, 1.82) is 0 Å². The van der Waals surface area contributed by atoms with Crippen LogP contribution in [-0.2, 0) is 4.79 Å². The average molecular weight is 268 g/mol. The zero-order valence-corrected chi connectivity index (χ0v) is 12.2. The highest BCUT2D eigenvalue weighted by Gasteiger charge is 2.21. The number of ether oxygens (including phenoxy) is 1. The van der Waals surface area contributed by atoms with E-state index < -0.39 is 0 Å². The van der Waals surface area contributed by atoms with Gasteiger partial charge in [-0.2, -0.15) is 0 Å². The van der Waals surface area contributed by atoms with Crippen LogP contribution in [0.2, 0.25) is 0 Å². The van der Waals surface area contributed by atoms with Crippen molar-refractivity contribution >= 4 is 5.78 Å². The zero-order chi connectivity index (χ0) is 14.6. The van der Waals surface area contributed by atoms with Crippen molar-refractivity contribution in [3.05, 3.63) is 54.6 Å². The number of hydrogen-bond acceptors (Lipinski definition) is 2. The van der Waals surface area contributed by atoms with Crippen LogP contribution in [0.15, 0.2) is 54.6 Å². The van der Waals surface area contributed by atoms with Crippen LogP contribution >= 0.6 is 0 Å². The molecule has 0 aliphatic carbocycles. The standard InChI is InChI=1S/C18H20O2/c1-18(2,3)17(19)13-20-16-11-9-15(10-12-16)14-7-5-4-6-8-14/h4-12H,13H2,1-3H3. The van der Waals surface area contributed by atoms with Crippen LogP contribution in [0, 0.1) is 5.41 Å². The van der Waals surface area contributed by atoms with E-state index in [1.165, 1.54) is 5.56 Å². The Hall–Kier alpha value is -2.09. The van der Waals surface area contributed by atoms with Gasteiger partial charge in [0.2, 0.25) is 0 Å². The first-order valence-corrected chi connectivity index (χ1v) is 6.78. The topological polar surface area (TPSA) is 26.3 Å². The molecule has 0 aliphatic rings. The summed E-state index contributed by atoms with van der Waals surface area (Å²) in [4.78, 5) is 11.8. The minimum absolute atomic E-state index is 0.102. The van der Waals surface area contributed by atoms with Gasteiger partial charge in [-0.1, -0.05) is 63.2 Å². The highest BCUT2D eigenvalue weighted by Crippen LogP contribution is 2.22. The predicted molar refractivity (Wildman–Crippen MR) is 81.8 cm³/mol. The number of carbonyl (C=O) groups is 1. The molecule has 0 heterocycles. The van der Waals surface area contributed by atoms with Crippen LogP contribution in [0.3, 0.4) is 0 Å². The van der Waals surface area contributed by atoms with Gasteiger partial charge in [0.15, 0.2) is 5.78 Å². The van der Waals surface area contributed by atoms with Crippen molar-refractivity contribution in [2.45, 2.75) is 20.8 Å². The molecule has 2 aromatic carbocycles. The fourth-order valence-corrected chi connectivity index (χ4v) is 1.74. The number of rotatable bonds is 4. The molecule has 0 atom stereocenters. The lowest BCUT2D eigenvalue weighted by Crippen LogP contribution is -2.26. The summed E-state index contributed by atoms with van der Waals surface area (Å²) in [6, 6.07) is 18.0. The third-order valence-electron chi connectivity index (χ3n) is 3.17. The first-order valence-electron chi connectivity index (χ1n) is 6.78. The Balaban J connectivity index is 2.01. The van der Waals surface area contributed by atoms with E-state index in [4.69, 9.17) is 4.74 Å². The van der Waals surface area contributed by atoms with Crippen LogP contribution < -0.4 is 4.74 Å². The van der Waals surface area contributed by atoms with E-state index in [0.717, 1.165) is 11.3 Å². The van der Waals surface area contributed by atoms with Gasteiger partial charge >= 0.3 is 0 Å².